The quantitative estimate of drug-likeness (QED) is 0.384. The molecule has 2 N–H and O–H groups in total. The van der Waals surface area contributed by atoms with Gasteiger partial charge in [-0.3, -0.25) is 14.4 Å². The second-order valence-corrected chi connectivity index (χ2v) is 6.34. The maximum atomic E-state index is 12.3. The Kier molecular flexibility index (Phi) is 8.12. The summed E-state index contributed by atoms with van der Waals surface area (Å²) >= 11 is 0. The molecule has 7 heteroatoms. The molecule has 0 atom stereocenters. The smallest absolute Gasteiger partial charge is 0.303 e. The maximum Gasteiger partial charge on any atom is 0.303 e. The normalized spacial score (nSPS) is 10.6. The number of ketones is 1. The standard InChI is InChI=1S/C22H24N2O5/c1-16(26)29-15-22(28)23-19-8-6-18(7-9-19)21(27)12-5-17-3-10-20(11-4-17)24(2)13-14-25/h3-12,25H,13-15H2,1-2H3,(H,23,28)/b12-5+. The zero-order valence-electron chi connectivity index (χ0n) is 16.4. The van der Waals surface area contributed by atoms with Gasteiger partial charge in [-0.25, -0.2) is 0 Å². The van der Waals surface area contributed by atoms with Gasteiger partial charge in [0.15, 0.2) is 12.4 Å². The Labute approximate surface area is 169 Å². The second-order valence-electron chi connectivity index (χ2n) is 6.34. The summed E-state index contributed by atoms with van der Waals surface area (Å²) in [5, 5.41) is 11.6. The number of hydrogen-bond acceptors (Lipinski definition) is 6. The summed E-state index contributed by atoms with van der Waals surface area (Å²) in [7, 11) is 1.90. The van der Waals surface area contributed by atoms with Crippen molar-refractivity contribution in [3.8, 4) is 0 Å². The Balaban J connectivity index is 1.93. The molecule has 1 amide bonds. The number of benzene rings is 2. The van der Waals surface area contributed by atoms with Crippen molar-refractivity contribution < 1.29 is 24.2 Å². The highest BCUT2D eigenvalue weighted by molar-refractivity contribution is 6.07. The minimum absolute atomic E-state index is 0.0846. The highest BCUT2D eigenvalue weighted by atomic mass is 16.5. The van der Waals surface area contributed by atoms with Gasteiger partial charge in [0, 0.05) is 37.5 Å². The van der Waals surface area contributed by atoms with Gasteiger partial charge in [0.1, 0.15) is 0 Å². The van der Waals surface area contributed by atoms with Gasteiger partial charge in [0.2, 0.25) is 0 Å². The van der Waals surface area contributed by atoms with E-state index in [1.54, 1.807) is 30.3 Å². The van der Waals surface area contributed by atoms with Crippen molar-refractivity contribution in [3.05, 3.63) is 65.7 Å². The number of anilines is 2. The van der Waals surface area contributed by atoms with E-state index in [1.165, 1.54) is 13.0 Å². The van der Waals surface area contributed by atoms with Crippen LogP contribution in [0.5, 0.6) is 0 Å². The van der Waals surface area contributed by atoms with Gasteiger partial charge in [-0.15, -0.1) is 0 Å². The lowest BCUT2D eigenvalue weighted by Crippen LogP contribution is -2.20. The molecule has 0 aromatic heterocycles. The molecule has 0 unspecified atom stereocenters. The van der Waals surface area contributed by atoms with Gasteiger partial charge in [-0.05, 0) is 48.0 Å². The van der Waals surface area contributed by atoms with E-state index in [0.29, 0.717) is 17.8 Å². The third-order valence-electron chi connectivity index (χ3n) is 4.06. The van der Waals surface area contributed by atoms with E-state index in [1.807, 2.05) is 36.2 Å². The van der Waals surface area contributed by atoms with Crippen LogP contribution in [0, 0.1) is 0 Å². The first-order valence-electron chi connectivity index (χ1n) is 9.07. The van der Waals surface area contributed by atoms with Crippen LogP contribution >= 0.6 is 0 Å². The molecule has 0 heterocycles. The fourth-order valence-electron chi connectivity index (χ4n) is 2.47. The lowest BCUT2D eigenvalue weighted by atomic mass is 10.1. The number of allylic oxidation sites excluding steroid dienone is 1. The molecular weight excluding hydrogens is 372 g/mol. The molecule has 2 aromatic carbocycles. The van der Waals surface area contributed by atoms with Gasteiger partial charge in [0.25, 0.3) is 5.91 Å². The number of rotatable bonds is 9. The Morgan fingerprint density at radius 1 is 1.07 bits per heavy atom. The molecule has 0 fully saturated rings. The molecule has 2 aromatic rings. The summed E-state index contributed by atoms with van der Waals surface area (Å²) < 4.78 is 4.62. The van der Waals surface area contributed by atoms with Crippen LogP contribution in [0.2, 0.25) is 0 Å². The third-order valence-corrected chi connectivity index (χ3v) is 4.06. The van der Waals surface area contributed by atoms with Crippen molar-refractivity contribution in [1.82, 2.24) is 0 Å². The number of ether oxygens (including phenoxy) is 1. The number of hydrogen-bond donors (Lipinski definition) is 2. The molecule has 152 valence electrons. The third kappa shape index (κ3) is 7.23. The molecule has 0 spiro atoms. The van der Waals surface area contributed by atoms with Crippen LogP contribution in [-0.4, -0.2) is 49.6 Å². The molecule has 0 saturated heterocycles. The van der Waals surface area contributed by atoms with Crippen molar-refractivity contribution >= 4 is 35.1 Å². The SMILES string of the molecule is CC(=O)OCC(=O)Nc1ccc(C(=O)/C=C/c2ccc(N(C)CCO)cc2)cc1. The van der Waals surface area contributed by atoms with Crippen molar-refractivity contribution in [2.24, 2.45) is 0 Å². The van der Waals surface area contributed by atoms with E-state index in [2.05, 4.69) is 10.1 Å². The number of aliphatic hydroxyl groups excluding tert-OH is 1. The van der Waals surface area contributed by atoms with Gasteiger partial charge in [-0.2, -0.15) is 0 Å². The summed E-state index contributed by atoms with van der Waals surface area (Å²) in [5.74, 6) is -1.14. The second kappa shape index (κ2) is 10.8. The minimum atomic E-state index is -0.528. The summed E-state index contributed by atoms with van der Waals surface area (Å²) in [6, 6.07) is 14.1. The molecular formula is C22H24N2O5. The lowest BCUT2D eigenvalue weighted by Gasteiger charge is -2.17. The Morgan fingerprint density at radius 3 is 2.31 bits per heavy atom. The first kappa shape index (κ1) is 21.8. The fraction of sp³-hybridized carbons (Fsp3) is 0.227. The number of aliphatic hydroxyl groups is 1. The molecule has 2 rings (SSSR count). The maximum absolute atomic E-state index is 12.3. The Hall–Kier alpha value is -3.45. The molecule has 0 saturated carbocycles. The van der Waals surface area contributed by atoms with E-state index in [9.17, 15) is 14.4 Å². The van der Waals surface area contributed by atoms with Crippen molar-refractivity contribution in [1.29, 1.82) is 0 Å². The predicted molar refractivity (Wildman–Crippen MR) is 112 cm³/mol. The van der Waals surface area contributed by atoms with Gasteiger partial charge in [-0.1, -0.05) is 18.2 Å². The van der Waals surface area contributed by atoms with E-state index < -0.39 is 11.9 Å². The summed E-state index contributed by atoms with van der Waals surface area (Å²) in [5.41, 5.74) is 2.85. The summed E-state index contributed by atoms with van der Waals surface area (Å²) in [4.78, 5) is 36.6. The first-order valence-corrected chi connectivity index (χ1v) is 9.07. The van der Waals surface area contributed by atoms with Crippen molar-refractivity contribution in [2.75, 3.05) is 37.0 Å². The average molecular weight is 396 g/mol. The number of nitrogens with one attached hydrogen (secondary N) is 1. The largest absolute Gasteiger partial charge is 0.456 e. The molecule has 0 aliphatic heterocycles. The highest BCUT2D eigenvalue weighted by Crippen LogP contribution is 2.15. The summed E-state index contributed by atoms with van der Waals surface area (Å²) in [6.07, 6.45) is 3.22. The van der Waals surface area contributed by atoms with Crippen molar-refractivity contribution in [3.63, 3.8) is 0 Å². The number of amides is 1. The van der Waals surface area contributed by atoms with Gasteiger partial charge < -0.3 is 20.1 Å². The molecule has 0 aliphatic carbocycles. The number of carbonyl (C=O) groups excluding carboxylic acids is 3. The average Bonchev–Trinajstić information content (AvgIpc) is 2.71. The van der Waals surface area contributed by atoms with Gasteiger partial charge in [0.05, 0.1) is 6.61 Å². The van der Waals surface area contributed by atoms with E-state index in [0.717, 1.165) is 11.3 Å². The predicted octanol–water partition coefficient (Wildman–Crippen LogP) is 2.51. The topological polar surface area (TPSA) is 95.9 Å². The fourth-order valence-corrected chi connectivity index (χ4v) is 2.47. The van der Waals surface area contributed by atoms with Crippen molar-refractivity contribution in [2.45, 2.75) is 6.92 Å². The Bertz CT molecular complexity index is 873. The highest BCUT2D eigenvalue weighted by Gasteiger charge is 2.06. The number of carbonyl (C=O) groups is 3. The monoisotopic (exact) mass is 396 g/mol. The molecule has 7 nitrogen and oxygen atoms in total. The van der Waals surface area contributed by atoms with Crippen LogP contribution in [-0.2, 0) is 14.3 Å². The number of esters is 1. The number of likely N-dealkylation sites (N-methyl/N-ethyl adjacent to an activating group) is 1. The van der Waals surface area contributed by atoms with Crippen LogP contribution in [0.25, 0.3) is 6.08 Å². The first-order chi connectivity index (χ1) is 13.9. The van der Waals surface area contributed by atoms with Crippen LogP contribution in [0.1, 0.15) is 22.8 Å². The molecule has 0 radical (unpaired) electrons. The van der Waals surface area contributed by atoms with Gasteiger partial charge >= 0.3 is 5.97 Å². The van der Waals surface area contributed by atoms with Crippen LogP contribution in [0.3, 0.4) is 0 Å². The van der Waals surface area contributed by atoms with Crippen LogP contribution in [0.15, 0.2) is 54.6 Å². The summed E-state index contributed by atoms with van der Waals surface area (Å²) in [6.45, 7) is 1.51. The number of nitrogens with zero attached hydrogens (tertiary/aromatic N) is 1. The lowest BCUT2D eigenvalue weighted by molar-refractivity contribution is -0.144. The molecule has 29 heavy (non-hydrogen) atoms. The zero-order chi connectivity index (χ0) is 21.2. The molecule has 0 bridgehead atoms. The van der Waals surface area contributed by atoms with E-state index in [4.69, 9.17) is 5.11 Å². The van der Waals surface area contributed by atoms with E-state index in [-0.39, 0.29) is 19.0 Å². The molecule has 0 aliphatic rings. The van der Waals surface area contributed by atoms with Crippen LogP contribution in [0.4, 0.5) is 11.4 Å². The van der Waals surface area contributed by atoms with Crippen LogP contribution < -0.4 is 10.2 Å². The Morgan fingerprint density at radius 2 is 1.72 bits per heavy atom. The van der Waals surface area contributed by atoms with E-state index >= 15 is 0 Å². The zero-order valence-corrected chi connectivity index (χ0v) is 16.4. The minimum Gasteiger partial charge on any atom is -0.456 e.